The van der Waals surface area contributed by atoms with E-state index < -0.39 is 0 Å². The van der Waals surface area contributed by atoms with Gasteiger partial charge >= 0.3 is 0 Å². The van der Waals surface area contributed by atoms with Gasteiger partial charge < -0.3 is 4.74 Å². The molecule has 0 spiro atoms. The monoisotopic (exact) mass is 316 g/mol. The van der Waals surface area contributed by atoms with E-state index >= 15 is 0 Å². The molecule has 22 heavy (non-hydrogen) atoms. The molecule has 0 aliphatic rings. The summed E-state index contributed by atoms with van der Waals surface area (Å²) < 4.78 is 7.24. The van der Waals surface area contributed by atoms with E-state index in [9.17, 15) is 4.79 Å². The van der Waals surface area contributed by atoms with Crippen LogP contribution in [0.5, 0.6) is 5.75 Å². The van der Waals surface area contributed by atoms with Crippen molar-refractivity contribution in [3.05, 3.63) is 40.9 Å². The van der Waals surface area contributed by atoms with Crippen LogP contribution in [0.2, 0.25) is 0 Å². The lowest BCUT2D eigenvalue weighted by Crippen LogP contribution is -2.16. The molecule has 0 saturated carbocycles. The van der Waals surface area contributed by atoms with Crippen molar-refractivity contribution in [1.29, 1.82) is 0 Å². The van der Waals surface area contributed by atoms with Crippen LogP contribution in [0.1, 0.15) is 17.7 Å². The van der Waals surface area contributed by atoms with Gasteiger partial charge in [-0.2, -0.15) is 4.98 Å². The number of thiazole rings is 1. The number of benzene rings is 1. The molecular weight excluding hydrogens is 300 g/mol. The number of hydrogen-bond donors (Lipinski definition) is 1. The van der Waals surface area contributed by atoms with Crippen LogP contribution in [0.25, 0.3) is 4.96 Å². The summed E-state index contributed by atoms with van der Waals surface area (Å²) in [4.78, 5) is 16.9. The largest absolute Gasteiger partial charge is 0.493 e. The Morgan fingerprint density at radius 3 is 2.82 bits per heavy atom. The van der Waals surface area contributed by atoms with Gasteiger partial charge in [0.05, 0.1) is 18.7 Å². The van der Waals surface area contributed by atoms with Gasteiger partial charge in [-0.1, -0.05) is 17.7 Å². The molecule has 0 aliphatic heterocycles. The lowest BCUT2D eigenvalue weighted by Gasteiger charge is -2.05. The third-order valence-electron chi connectivity index (χ3n) is 3.12. The van der Waals surface area contributed by atoms with Crippen molar-refractivity contribution >= 4 is 28.2 Å². The average molecular weight is 316 g/mol. The fourth-order valence-corrected chi connectivity index (χ4v) is 2.73. The van der Waals surface area contributed by atoms with Crippen molar-refractivity contribution < 1.29 is 9.53 Å². The first-order chi connectivity index (χ1) is 10.6. The lowest BCUT2D eigenvalue weighted by atomic mass is 10.2. The predicted octanol–water partition coefficient (Wildman–Crippen LogP) is 2.82. The van der Waals surface area contributed by atoms with Crippen molar-refractivity contribution in [2.45, 2.75) is 20.3 Å². The highest BCUT2D eigenvalue weighted by atomic mass is 32.1. The Morgan fingerprint density at radius 1 is 1.32 bits per heavy atom. The number of anilines is 1. The Bertz CT molecular complexity index is 792. The SMILES string of the molecule is Cc1ccc(OCCC(=O)Nc2nc3scc(C)n3n2)cc1. The second-order valence-electron chi connectivity index (χ2n) is 4.97. The minimum Gasteiger partial charge on any atom is -0.493 e. The predicted molar refractivity (Wildman–Crippen MR) is 85.5 cm³/mol. The number of fused-ring (bicyclic) bond motifs is 1. The third-order valence-corrected chi connectivity index (χ3v) is 4.05. The van der Waals surface area contributed by atoms with Crippen LogP contribution in [0.15, 0.2) is 29.6 Å². The normalized spacial score (nSPS) is 10.8. The molecule has 7 heteroatoms. The molecule has 2 heterocycles. The van der Waals surface area contributed by atoms with Crippen LogP contribution in [0.3, 0.4) is 0 Å². The number of amides is 1. The van der Waals surface area contributed by atoms with Crippen molar-refractivity contribution in [3.8, 4) is 5.75 Å². The van der Waals surface area contributed by atoms with E-state index in [1.807, 2.05) is 43.5 Å². The van der Waals surface area contributed by atoms with Crippen molar-refractivity contribution in [1.82, 2.24) is 14.6 Å². The van der Waals surface area contributed by atoms with Gasteiger partial charge in [-0.25, -0.2) is 4.52 Å². The maximum absolute atomic E-state index is 11.9. The summed E-state index contributed by atoms with van der Waals surface area (Å²) in [7, 11) is 0. The molecule has 114 valence electrons. The van der Waals surface area contributed by atoms with Crippen LogP contribution < -0.4 is 10.1 Å². The second kappa shape index (κ2) is 6.15. The number of nitrogens with one attached hydrogen (secondary N) is 1. The first-order valence-electron chi connectivity index (χ1n) is 6.92. The van der Waals surface area contributed by atoms with Crippen LogP contribution in [0.4, 0.5) is 5.95 Å². The van der Waals surface area contributed by atoms with Gasteiger partial charge in [0.2, 0.25) is 16.8 Å². The van der Waals surface area contributed by atoms with E-state index in [4.69, 9.17) is 4.74 Å². The number of rotatable bonds is 5. The van der Waals surface area contributed by atoms with E-state index in [2.05, 4.69) is 15.4 Å². The van der Waals surface area contributed by atoms with Gasteiger partial charge in [0.1, 0.15) is 5.75 Å². The lowest BCUT2D eigenvalue weighted by molar-refractivity contribution is -0.116. The summed E-state index contributed by atoms with van der Waals surface area (Å²) in [6, 6.07) is 7.72. The zero-order chi connectivity index (χ0) is 15.5. The number of aromatic nitrogens is 3. The molecule has 0 atom stereocenters. The van der Waals surface area contributed by atoms with Crippen molar-refractivity contribution in [2.24, 2.45) is 0 Å². The van der Waals surface area contributed by atoms with E-state index in [-0.39, 0.29) is 12.3 Å². The molecule has 0 aliphatic carbocycles. The van der Waals surface area contributed by atoms with Crippen molar-refractivity contribution in [3.63, 3.8) is 0 Å². The summed E-state index contributed by atoms with van der Waals surface area (Å²) in [6.45, 7) is 4.27. The fraction of sp³-hybridized carbons (Fsp3) is 0.267. The molecule has 3 aromatic rings. The van der Waals surface area contributed by atoms with Crippen LogP contribution in [-0.4, -0.2) is 27.1 Å². The molecule has 1 N–H and O–H groups in total. The summed E-state index contributed by atoms with van der Waals surface area (Å²) in [5.74, 6) is 0.924. The summed E-state index contributed by atoms with van der Waals surface area (Å²) in [5, 5.41) is 8.88. The Morgan fingerprint density at radius 2 is 2.09 bits per heavy atom. The molecule has 0 radical (unpaired) electrons. The maximum atomic E-state index is 11.9. The molecule has 0 bridgehead atoms. The van der Waals surface area contributed by atoms with Gasteiger partial charge in [0.15, 0.2) is 0 Å². The van der Waals surface area contributed by atoms with Crippen molar-refractivity contribution in [2.75, 3.05) is 11.9 Å². The average Bonchev–Trinajstić information content (AvgIpc) is 3.03. The molecule has 3 rings (SSSR count). The van der Waals surface area contributed by atoms with Gasteiger partial charge in [-0.3, -0.25) is 10.1 Å². The van der Waals surface area contributed by atoms with Crippen LogP contribution in [0, 0.1) is 13.8 Å². The minimum atomic E-state index is -0.164. The molecule has 1 aromatic carbocycles. The molecule has 0 fully saturated rings. The quantitative estimate of drug-likeness (QED) is 0.786. The Hall–Kier alpha value is -2.41. The molecule has 6 nitrogen and oxygen atoms in total. The molecule has 0 unspecified atom stereocenters. The number of aryl methyl sites for hydroxylation is 2. The zero-order valence-corrected chi connectivity index (χ0v) is 13.2. The molecule has 1 amide bonds. The molecule has 2 aromatic heterocycles. The van der Waals surface area contributed by atoms with Gasteiger partial charge in [-0.05, 0) is 26.0 Å². The highest BCUT2D eigenvalue weighted by Crippen LogP contribution is 2.15. The van der Waals surface area contributed by atoms with Gasteiger partial charge in [-0.15, -0.1) is 16.4 Å². The van der Waals surface area contributed by atoms with E-state index in [0.29, 0.717) is 12.6 Å². The smallest absolute Gasteiger partial charge is 0.250 e. The summed E-state index contributed by atoms with van der Waals surface area (Å²) in [6.07, 6.45) is 0.250. The standard InChI is InChI=1S/C15H16N4O2S/c1-10-3-5-12(6-4-10)21-8-7-13(20)16-14-17-15-19(18-14)11(2)9-22-15/h3-6,9H,7-8H2,1-2H3,(H,16,18,20). The van der Waals surface area contributed by atoms with E-state index in [1.54, 1.807) is 4.52 Å². The van der Waals surface area contributed by atoms with Crippen LogP contribution in [-0.2, 0) is 4.79 Å². The first kappa shape index (κ1) is 14.5. The number of hydrogen-bond acceptors (Lipinski definition) is 5. The highest BCUT2D eigenvalue weighted by molar-refractivity contribution is 7.15. The van der Waals surface area contributed by atoms with Gasteiger partial charge in [0.25, 0.3) is 0 Å². The third kappa shape index (κ3) is 3.25. The number of ether oxygens (including phenoxy) is 1. The number of carbonyl (C=O) groups excluding carboxylic acids is 1. The Labute approximate surface area is 131 Å². The Kier molecular flexibility index (Phi) is 4.06. The topological polar surface area (TPSA) is 68.5 Å². The minimum absolute atomic E-state index is 0.164. The fourth-order valence-electron chi connectivity index (χ4n) is 1.93. The van der Waals surface area contributed by atoms with E-state index in [0.717, 1.165) is 16.4 Å². The summed E-state index contributed by atoms with van der Waals surface area (Å²) in [5.41, 5.74) is 2.17. The second-order valence-corrected chi connectivity index (χ2v) is 5.80. The van der Waals surface area contributed by atoms with Gasteiger partial charge in [0, 0.05) is 5.38 Å². The number of nitrogens with zero attached hydrogens (tertiary/aromatic N) is 3. The Balaban J connectivity index is 1.50. The summed E-state index contributed by atoms with van der Waals surface area (Å²) >= 11 is 1.49. The molecular formula is C15H16N4O2S. The van der Waals surface area contributed by atoms with Crippen LogP contribution >= 0.6 is 11.3 Å². The highest BCUT2D eigenvalue weighted by Gasteiger charge is 2.10. The zero-order valence-electron chi connectivity index (χ0n) is 12.4. The first-order valence-corrected chi connectivity index (χ1v) is 7.80. The van der Waals surface area contributed by atoms with E-state index in [1.165, 1.54) is 16.9 Å². The number of carbonyl (C=O) groups is 1. The maximum Gasteiger partial charge on any atom is 0.250 e. The molecule has 0 saturated heterocycles.